The van der Waals surface area contributed by atoms with Crippen molar-refractivity contribution in [1.82, 2.24) is 0 Å². The van der Waals surface area contributed by atoms with Crippen LogP contribution in [0.3, 0.4) is 0 Å². The molecule has 1 nitrogen and oxygen atoms in total. The van der Waals surface area contributed by atoms with Gasteiger partial charge in [0, 0.05) is 17.9 Å². The van der Waals surface area contributed by atoms with Crippen LogP contribution in [0, 0.1) is 0 Å². The lowest BCUT2D eigenvalue weighted by Crippen LogP contribution is -3.07. The minimum Gasteiger partial charge on any atom is -0.334 e. The summed E-state index contributed by atoms with van der Waals surface area (Å²) in [6, 6.07) is 10.6. The van der Waals surface area contributed by atoms with E-state index in [1.165, 1.54) is 10.5 Å². The summed E-state index contributed by atoms with van der Waals surface area (Å²) in [5.74, 6) is 0.770. The van der Waals surface area contributed by atoms with Crippen LogP contribution in [0.25, 0.3) is 0 Å². The largest absolute Gasteiger partial charge is 0.334 e. The molecule has 0 spiro atoms. The molecule has 1 N–H and O–H groups in total. The quantitative estimate of drug-likeness (QED) is 0.681. The van der Waals surface area contributed by atoms with E-state index in [9.17, 15) is 0 Å². The van der Waals surface area contributed by atoms with E-state index in [4.69, 9.17) is 11.6 Å². The Kier molecular flexibility index (Phi) is 4.87. The maximum atomic E-state index is 5.64. The van der Waals surface area contributed by atoms with Gasteiger partial charge in [0.2, 0.25) is 0 Å². The smallest absolute Gasteiger partial charge is 0.103 e. The lowest BCUT2D eigenvalue weighted by Gasteiger charge is -2.12. The second-order valence-corrected chi connectivity index (χ2v) is 3.79. The maximum absolute atomic E-state index is 5.64. The van der Waals surface area contributed by atoms with Crippen molar-refractivity contribution in [3.63, 3.8) is 0 Å². The fraction of sp³-hybridized carbons (Fsp3) is 0.455. The summed E-state index contributed by atoms with van der Waals surface area (Å²) in [7, 11) is 2.21. The highest BCUT2D eigenvalue weighted by atomic mass is 35.5. The monoisotopic (exact) mass is 198 g/mol. The van der Waals surface area contributed by atoms with Crippen LogP contribution in [-0.2, 0) is 6.54 Å². The average molecular weight is 199 g/mol. The van der Waals surface area contributed by atoms with Crippen LogP contribution in [0.4, 0.5) is 0 Å². The molecule has 1 atom stereocenters. The van der Waals surface area contributed by atoms with E-state index in [-0.39, 0.29) is 0 Å². The Balaban J connectivity index is 2.32. The van der Waals surface area contributed by atoms with Gasteiger partial charge in [0.25, 0.3) is 0 Å². The molecule has 72 valence electrons. The number of quaternary nitrogens is 1. The van der Waals surface area contributed by atoms with Crippen molar-refractivity contribution in [1.29, 1.82) is 0 Å². The third kappa shape index (κ3) is 4.30. The Labute approximate surface area is 85.3 Å². The Hall–Kier alpha value is -0.530. The number of rotatable bonds is 5. The van der Waals surface area contributed by atoms with Crippen molar-refractivity contribution >= 4 is 11.6 Å². The maximum Gasteiger partial charge on any atom is 0.103 e. The molecule has 0 saturated heterocycles. The third-order valence-electron chi connectivity index (χ3n) is 2.09. The van der Waals surface area contributed by atoms with Gasteiger partial charge in [-0.25, -0.2) is 0 Å². The summed E-state index contributed by atoms with van der Waals surface area (Å²) in [5.41, 5.74) is 1.40. The van der Waals surface area contributed by atoms with Crippen LogP contribution in [0.1, 0.15) is 12.0 Å². The summed E-state index contributed by atoms with van der Waals surface area (Å²) in [6.07, 6.45) is 1.10. The van der Waals surface area contributed by atoms with Crippen molar-refractivity contribution in [2.45, 2.75) is 13.0 Å². The highest BCUT2D eigenvalue weighted by Gasteiger charge is 2.01. The zero-order valence-electron chi connectivity index (χ0n) is 8.09. The molecule has 0 aliphatic heterocycles. The van der Waals surface area contributed by atoms with E-state index < -0.39 is 0 Å². The SMILES string of the molecule is C[NH+](CCCCl)Cc1ccccc1. The molecule has 2 heteroatoms. The summed E-state index contributed by atoms with van der Waals surface area (Å²) in [6.45, 7) is 2.25. The molecule has 0 aromatic heterocycles. The molecule has 1 aromatic carbocycles. The molecule has 13 heavy (non-hydrogen) atoms. The molecule has 0 amide bonds. The highest BCUT2D eigenvalue weighted by Crippen LogP contribution is 1.94. The normalized spacial score (nSPS) is 12.8. The lowest BCUT2D eigenvalue weighted by molar-refractivity contribution is -0.893. The van der Waals surface area contributed by atoms with Gasteiger partial charge >= 0.3 is 0 Å². The van der Waals surface area contributed by atoms with E-state index >= 15 is 0 Å². The van der Waals surface area contributed by atoms with Crippen molar-refractivity contribution in [2.75, 3.05) is 19.5 Å². The van der Waals surface area contributed by atoms with Gasteiger partial charge < -0.3 is 4.90 Å². The number of hydrogen-bond donors (Lipinski definition) is 1. The van der Waals surface area contributed by atoms with Gasteiger partial charge in [0.05, 0.1) is 13.6 Å². The van der Waals surface area contributed by atoms with Crippen LogP contribution >= 0.6 is 11.6 Å². The van der Waals surface area contributed by atoms with E-state index in [0.29, 0.717) is 0 Å². The van der Waals surface area contributed by atoms with Gasteiger partial charge in [-0.2, -0.15) is 0 Å². The Bertz CT molecular complexity index is 223. The van der Waals surface area contributed by atoms with E-state index in [2.05, 4.69) is 37.4 Å². The molecule has 0 fully saturated rings. The molecule has 0 heterocycles. The molecule has 0 bridgehead atoms. The van der Waals surface area contributed by atoms with Crippen LogP contribution in [0.5, 0.6) is 0 Å². The lowest BCUT2D eigenvalue weighted by atomic mass is 10.2. The molecule has 1 unspecified atom stereocenters. The minimum atomic E-state index is 0.770. The summed E-state index contributed by atoms with van der Waals surface area (Å²) < 4.78 is 0. The van der Waals surface area contributed by atoms with Crippen LogP contribution in [-0.4, -0.2) is 19.5 Å². The molecule has 1 aromatic rings. The number of halogens is 1. The average Bonchev–Trinajstić information content (AvgIpc) is 2.16. The molecule has 0 radical (unpaired) electrons. The first-order valence-electron chi connectivity index (χ1n) is 4.74. The van der Waals surface area contributed by atoms with Gasteiger partial charge in [-0.05, 0) is 0 Å². The molecular formula is C11H17ClN+. The molecule has 0 aliphatic rings. The topological polar surface area (TPSA) is 4.44 Å². The standard InChI is InChI=1S/C11H16ClN/c1-13(9-5-8-12)10-11-6-3-2-4-7-11/h2-4,6-7H,5,8-10H2,1H3/p+1. The fourth-order valence-electron chi connectivity index (χ4n) is 1.40. The second kappa shape index (κ2) is 6.01. The van der Waals surface area contributed by atoms with E-state index in [1.54, 1.807) is 0 Å². The highest BCUT2D eigenvalue weighted by molar-refractivity contribution is 6.17. The Morgan fingerprint density at radius 3 is 2.54 bits per heavy atom. The Morgan fingerprint density at radius 1 is 1.23 bits per heavy atom. The van der Waals surface area contributed by atoms with Crippen LogP contribution < -0.4 is 4.90 Å². The third-order valence-corrected chi connectivity index (χ3v) is 2.35. The molecular weight excluding hydrogens is 182 g/mol. The van der Waals surface area contributed by atoms with Crippen LogP contribution in [0.2, 0.25) is 0 Å². The molecule has 0 saturated carbocycles. The van der Waals surface area contributed by atoms with Crippen molar-refractivity contribution in [2.24, 2.45) is 0 Å². The van der Waals surface area contributed by atoms with Gasteiger partial charge in [0.1, 0.15) is 6.54 Å². The first-order chi connectivity index (χ1) is 6.33. The summed E-state index contributed by atoms with van der Waals surface area (Å²) in [5, 5.41) is 0. The summed E-state index contributed by atoms with van der Waals surface area (Å²) in [4.78, 5) is 1.52. The zero-order chi connectivity index (χ0) is 9.52. The van der Waals surface area contributed by atoms with Crippen molar-refractivity contribution < 1.29 is 4.90 Å². The number of nitrogens with one attached hydrogen (secondary N) is 1. The first kappa shape index (κ1) is 10.6. The molecule has 1 rings (SSSR count). The Morgan fingerprint density at radius 2 is 1.92 bits per heavy atom. The van der Waals surface area contributed by atoms with Crippen LogP contribution in [0.15, 0.2) is 30.3 Å². The molecule has 0 aliphatic carbocycles. The van der Waals surface area contributed by atoms with Gasteiger partial charge in [-0.3, -0.25) is 0 Å². The van der Waals surface area contributed by atoms with E-state index in [1.807, 2.05) is 0 Å². The van der Waals surface area contributed by atoms with Crippen molar-refractivity contribution in [3.05, 3.63) is 35.9 Å². The van der Waals surface area contributed by atoms with Crippen molar-refractivity contribution in [3.8, 4) is 0 Å². The number of alkyl halides is 1. The zero-order valence-corrected chi connectivity index (χ0v) is 8.85. The second-order valence-electron chi connectivity index (χ2n) is 3.41. The fourth-order valence-corrected chi connectivity index (χ4v) is 1.53. The van der Waals surface area contributed by atoms with Gasteiger partial charge in [0.15, 0.2) is 0 Å². The summed E-state index contributed by atoms with van der Waals surface area (Å²) >= 11 is 5.64. The number of benzene rings is 1. The predicted molar refractivity (Wildman–Crippen MR) is 57.2 cm³/mol. The first-order valence-corrected chi connectivity index (χ1v) is 5.27. The number of hydrogen-bond acceptors (Lipinski definition) is 0. The van der Waals surface area contributed by atoms with Gasteiger partial charge in [-0.1, -0.05) is 30.3 Å². The van der Waals surface area contributed by atoms with Gasteiger partial charge in [-0.15, -0.1) is 11.6 Å². The minimum absolute atomic E-state index is 0.770. The predicted octanol–water partition coefficient (Wildman–Crippen LogP) is 1.33. The van der Waals surface area contributed by atoms with E-state index in [0.717, 1.165) is 25.4 Å².